The SMILES string of the molecule is CCc1nc(NCC(CO)Cc2ccccn2)c2ccsc2n1. The number of thiophene rings is 1. The molecule has 3 aromatic heterocycles. The van der Waals surface area contributed by atoms with Gasteiger partial charge in [0.15, 0.2) is 0 Å². The summed E-state index contributed by atoms with van der Waals surface area (Å²) in [5, 5.41) is 16.1. The Bertz CT molecular complexity index is 760. The van der Waals surface area contributed by atoms with Crippen molar-refractivity contribution < 1.29 is 5.11 Å². The molecule has 0 aliphatic rings. The number of rotatable bonds is 7. The van der Waals surface area contributed by atoms with Crippen molar-refractivity contribution >= 4 is 27.4 Å². The third-order valence-corrected chi connectivity index (χ3v) is 4.53. The monoisotopic (exact) mass is 328 g/mol. The molecule has 0 radical (unpaired) electrons. The summed E-state index contributed by atoms with van der Waals surface area (Å²) in [6.45, 7) is 2.82. The Morgan fingerprint density at radius 2 is 2.17 bits per heavy atom. The van der Waals surface area contributed by atoms with Crippen molar-refractivity contribution in [1.29, 1.82) is 0 Å². The second-order valence-corrected chi connectivity index (χ2v) is 6.33. The van der Waals surface area contributed by atoms with Crippen LogP contribution in [0.15, 0.2) is 35.8 Å². The highest BCUT2D eigenvalue weighted by atomic mass is 32.1. The minimum Gasteiger partial charge on any atom is -0.396 e. The molecular weight excluding hydrogens is 308 g/mol. The van der Waals surface area contributed by atoms with Crippen LogP contribution in [0, 0.1) is 5.92 Å². The van der Waals surface area contributed by atoms with Gasteiger partial charge in [0.05, 0.1) is 5.39 Å². The van der Waals surface area contributed by atoms with E-state index in [0.717, 1.165) is 40.4 Å². The number of hydrogen-bond acceptors (Lipinski definition) is 6. The second kappa shape index (κ2) is 7.48. The number of pyridine rings is 1. The van der Waals surface area contributed by atoms with Gasteiger partial charge in [-0.1, -0.05) is 13.0 Å². The minimum absolute atomic E-state index is 0.0960. The van der Waals surface area contributed by atoms with E-state index in [2.05, 4.69) is 27.2 Å². The smallest absolute Gasteiger partial charge is 0.138 e. The Morgan fingerprint density at radius 3 is 2.91 bits per heavy atom. The van der Waals surface area contributed by atoms with E-state index in [1.54, 1.807) is 17.5 Å². The molecule has 3 rings (SSSR count). The fourth-order valence-corrected chi connectivity index (χ4v) is 3.23. The maximum Gasteiger partial charge on any atom is 0.138 e. The molecule has 0 saturated heterocycles. The topological polar surface area (TPSA) is 70.9 Å². The van der Waals surface area contributed by atoms with Crippen molar-refractivity contribution in [3.8, 4) is 0 Å². The lowest BCUT2D eigenvalue weighted by Gasteiger charge is -2.16. The summed E-state index contributed by atoms with van der Waals surface area (Å²) >= 11 is 1.62. The van der Waals surface area contributed by atoms with Gasteiger partial charge in [-0.05, 0) is 30.0 Å². The molecule has 0 aliphatic carbocycles. The molecular formula is C17H20N4OS. The summed E-state index contributed by atoms with van der Waals surface area (Å²) in [5.74, 6) is 1.79. The quantitative estimate of drug-likeness (QED) is 0.698. The van der Waals surface area contributed by atoms with Crippen LogP contribution < -0.4 is 5.32 Å². The van der Waals surface area contributed by atoms with E-state index < -0.39 is 0 Å². The minimum atomic E-state index is 0.0960. The highest BCUT2D eigenvalue weighted by molar-refractivity contribution is 7.16. The van der Waals surface area contributed by atoms with Crippen molar-refractivity contribution in [1.82, 2.24) is 15.0 Å². The van der Waals surface area contributed by atoms with E-state index in [-0.39, 0.29) is 12.5 Å². The van der Waals surface area contributed by atoms with Crippen molar-refractivity contribution in [2.45, 2.75) is 19.8 Å². The van der Waals surface area contributed by atoms with E-state index in [0.29, 0.717) is 6.54 Å². The molecule has 3 aromatic rings. The molecule has 0 spiro atoms. The van der Waals surface area contributed by atoms with Crippen LogP contribution in [-0.4, -0.2) is 33.2 Å². The van der Waals surface area contributed by atoms with Crippen LogP contribution in [0.25, 0.3) is 10.2 Å². The number of aliphatic hydroxyl groups excluding tert-OH is 1. The number of fused-ring (bicyclic) bond motifs is 1. The molecule has 0 saturated carbocycles. The first-order chi connectivity index (χ1) is 11.3. The van der Waals surface area contributed by atoms with Crippen LogP contribution in [0.2, 0.25) is 0 Å². The lowest BCUT2D eigenvalue weighted by Crippen LogP contribution is -2.21. The van der Waals surface area contributed by atoms with Gasteiger partial charge in [-0.25, -0.2) is 9.97 Å². The van der Waals surface area contributed by atoms with E-state index in [4.69, 9.17) is 0 Å². The molecule has 120 valence electrons. The standard InChI is InChI=1S/C17H20N4OS/c1-2-15-20-16(14-6-8-23-17(14)21-15)19-10-12(11-22)9-13-5-3-4-7-18-13/h3-8,12,22H,2,9-11H2,1H3,(H,19,20,21). The summed E-state index contributed by atoms with van der Waals surface area (Å²) in [7, 11) is 0. The second-order valence-electron chi connectivity index (χ2n) is 5.44. The highest BCUT2D eigenvalue weighted by Gasteiger charge is 2.12. The number of aromatic nitrogens is 3. The van der Waals surface area contributed by atoms with Crippen molar-refractivity contribution in [3.05, 3.63) is 47.4 Å². The van der Waals surface area contributed by atoms with Crippen LogP contribution in [-0.2, 0) is 12.8 Å². The van der Waals surface area contributed by atoms with Gasteiger partial charge in [0.2, 0.25) is 0 Å². The number of aryl methyl sites for hydroxylation is 1. The van der Waals surface area contributed by atoms with Crippen molar-refractivity contribution in [2.75, 3.05) is 18.5 Å². The summed E-state index contributed by atoms with van der Waals surface area (Å²) in [5.41, 5.74) is 0.992. The maximum atomic E-state index is 9.64. The summed E-state index contributed by atoms with van der Waals surface area (Å²) < 4.78 is 0. The number of nitrogens with zero attached hydrogens (tertiary/aromatic N) is 3. The van der Waals surface area contributed by atoms with Gasteiger partial charge in [0, 0.05) is 37.4 Å². The number of nitrogens with one attached hydrogen (secondary N) is 1. The molecule has 0 bridgehead atoms. The van der Waals surface area contributed by atoms with Crippen LogP contribution in [0.5, 0.6) is 0 Å². The molecule has 23 heavy (non-hydrogen) atoms. The van der Waals surface area contributed by atoms with Gasteiger partial charge in [-0.2, -0.15) is 0 Å². The number of anilines is 1. The fourth-order valence-electron chi connectivity index (χ4n) is 2.45. The molecule has 0 fully saturated rings. The lowest BCUT2D eigenvalue weighted by atomic mass is 10.0. The van der Waals surface area contributed by atoms with E-state index in [1.807, 2.05) is 29.6 Å². The first kappa shape index (κ1) is 15.8. The van der Waals surface area contributed by atoms with Gasteiger partial charge >= 0.3 is 0 Å². The molecule has 0 aromatic carbocycles. The zero-order chi connectivity index (χ0) is 16.1. The molecule has 0 aliphatic heterocycles. The van der Waals surface area contributed by atoms with Crippen LogP contribution in [0.4, 0.5) is 5.82 Å². The predicted octanol–water partition coefficient (Wildman–Crippen LogP) is 2.91. The molecule has 1 atom stereocenters. The average Bonchev–Trinajstić information content (AvgIpc) is 3.07. The molecule has 6 heteroatoms. The van der Waals surface area contributed by atoms with Crippen LogP contribution in [0.1, 0.15) is 18.4 Å². The first-order valence-corrected chi connectivity index (χ1v) is 8.67. The first-order valence-electron chi connectivity index (χ1n) is 7.79. The third-order valence-electron chi connectivity index (χ3n) is 3.73. The van der Waals surface area contributed by atoms with E-state index in [9.17, 15) is 5.11 Å². The lowest BCUT2D eigenvalue weighted by molar-refractivity contribution is 0.232. The molecule has 3 heterocycles. The van der Waals surface area contributed by atoms with Gasteiger partial charge in [0.25, 0.3) is 0 Å². The Kier molecular flexibility index (Phi) is 5.15. The van der Waals surface area contributed by atoms with E-state index >= 15 is 0 Å². The van der Waals surface area contributed by atoms with Crippen LogP contribution in [0.3, 0.4) is 0 Å². The van der Waals surface area contributed by atoms with Gasteiger partial charge < -0.3 is 10.4 Å². The zero-order valence-corrected chi connectivity index (χ0v) is 13.9. The average molecular weight is 328 g/mol. The maximum absolute atomic E-state index is 9.64. The fraction of sp³-hybridized carbons (Fsp3) is 0.353. The molecule has 1 unspecified atom stereocenters. The Labute approximate surface area is 139 Å². The Hall–Kier alpha value is -2.05. The number of hydrogen-bond donors (Lipinski definition) is 2. The van der Waals surface area contributed by atoms with Crippen molar-refractivity contribution in [3.63, 3.8) is 0 Å². The number of aliphatic hydroxyl groups is 1. The normalized spacial score (nSPS) is 12.4. The van der Waals surface area contributed by atoms with Crippen molar-refractivity contribution in [2.24, 2.45) is 5.92 Å². The Morgan fingerprint density at radius 1 is 1.26 bits per heavy atom. The summed E-state index contributed by atoms with van der Waals surface area (Å²) in [6, 6.07) is 7.89. The molecule has 2 N–H and O–H groups in total. The molecule has 5 nitrogen and oxygen atoms in total. The largest absolute Gasteiger partial charge is 0.396 e. The highest BCUT2D eigenvalue weighted by Crippen LogP contribution is 2.25. The van der Waals surface area contributed by atoms with Gasteiger partial charge in [0.1, 0.15) is 16.5 Å². The Balaban J connectivity index is 1.72. The van der Waals surface area contributed by atoms with Crippen LogP contribution >= 0.6 is 11.3 Å². The van der Waals surface area contributed by atoms with Gasteiger partial charge in [-0.3, -0.25) is 4.98 Å². The summed E-state index contributed by atoms with van der Waals surface area (Å²) in [4.78, 5) is 14.5. The zero-order valence-electron chi connectivity index (χ0n) is 13.1. The third kappa shape index (κ3) is 3.83. The van der Waals surface area contributed by atoms with E-state index in [1.165, 1.54) is 0 Å². The predicted molar refractivity (Wildman–Crippen MR) is 93.8 cm³/mol. The van der Waals surface area contributed by atoms with Gasteiger partial charge in [-0.15, -0.1) is 11.3 Å². The summed E-state index contributed by atoms with van der Waals surface area (Å²) in [6.07, 6.45) is 3.33. The molecule has 0 amide bonds.